The topological polar surface area (TPSA) is 104 Å². The molecule has 232 valence electrons. The molecule has 5 heterocycles. The zero-order valence-corrected chi connectivity index (χ0v) is 25.1. The highest BCUT2D eigenvalue weighted by atomic mass is 19.1. The summed E-state index contributed by atoms with van der Waals surface area (Å²) in [6, 6.07) is 1.42. The van der Waals surface area contributed by atoms with Gasteiger partial charge in [-0.2, -0.15) is 0 Å². The number of anilines is 1. The summed E-state index contributed by atoms with van der Waals surface area (Å²) in [5.41, 5.74) is 6.70. The van der Waals surface area contributed by atoms with E-state index in [1.807, 2.05) is 0 Å². The maximum Gasteiger partial charge on any atom is 0.259 e. The maximum atomic E-state index is 13.8. The zero-order chi connectivity index (χ0) is 28.9. The van der Waals surface area contributed by atoms with E-state index in [0.717, 1.165) is 77.9 Å². The number of aromatic nitrogens is 3. The van der Waals surface area contributed by atoms with E-state index < -0.39 is 5.82 Å². The van der Waals surface area contributed by atoms with Gasteiger partial charge in [-0.05, 0) is 32.1 Å². The van der Waals surface area contributed by atoms with Crippen LogP contribution in [0.2, 0.25) is 0 Å². The highest BCUT2D eigenvalue weighted by Gasteiger charge is 2.39. The highest BCUT2D eigenvalue weighted by molar-refractivity contribution is 6.04. The molecule has 3 saturated heterocycles. The van der Waals surface area contributed by atoms with Crippen molar-refractivity contribution in [1.82, 2.24) is 34.6 Å². The summed E-state index contributed by atoms with van der Waals surface area (Å²) in [5.74, 6) is -0.719. The fraction of sp³-hybridized carbons (Fsp3) is 0.774. The van der Waals surface area contributed by atoms with Gasteiger partial charge >= 0.3 is 0 Å². The Balaban J connectivity index is 1.18. The number of nitrogens with one attached hydrogen (secondary N) is 1. The highest BCUT2D eigenvalue weighted by Crippen LogP contribution is 2.28. The number of piperazine rings is 1. The Bertz CT molecular complexity index is 1170. The molecular formula is C31H49FN8O2. The molecule has 1 amide bonds. The number of nitrogens with two attached hydrogens (primary N) is 1. The molecule has 1 aliphatic carbocycles. The van der Waals surface area contributed by atoms with Crippen molar-refractivity contribution in [3.05, 3.63) is 23.8 Å². The first kappa shape index (κ1) is 29.7. The van der Waals surface area contributed by atoms with Gasteiger partial charge in [0.25, 0.3) is 5.91 Å². The first-order chi connectivity index (χ1) is 20.6. The monoisotopic (exact) mass is 584 g/mol. The second-order valence-corrected chi connectivity index (χ2v) is 12.9. The van der Waals surface area contributed by atoms with Crippen molar-refractivity contribution in [2.75, 3.05) is 58.2 Å². The van der Waals surface area contributed by atoms with Crippen LogP contribution in [0.15, 0.2) is 12.4 Å². The van der Waals surface area contributed by atoms with Gasteiger partial charge in [0.15, 0.2) is 17.3 Å². The molecule has 4 fully saturated rings. The average Bonchev–Trinajstić information content (AvgIpc) is 3.35. The fourth-order valence-electron chi connectivity index (χ4n) is 7.90. The van der Waals surface area contributed by atoms with Crippen molar-refractivity contribution < 1.29 is 13.9 Å². The van der Waals surface area contributed by atoms with Crippen LogP contribution in [0, 0.1) is 5.82 Å². The molecule has 6 rings (SSSR count). The van der Waals surface area contributed by atoms with Crippen LogP contribution in [0.3, 0.4) is 0 Å². The smallest absolute Gasteiger partial charge is 0.259 e. The molecular weight excluding hydrogens is 535 g/mol. The van der Waals surface area contributed by atoms with Crippen molar-refractivity contribution in [2.45, 2.75) is 101 Å². The van der Waals surface area contributed by atoms with Gasteiger partial charge in [-0.25, -0.2) is 13.9 Å². The van der Waals surface area contributed by atoms with Crippen molar-refractivity contribution in [3.8, 4) is 0 Å². The fourth-order valence-corrected chi connectivity index (χ4v) is 7.90. The Labute approximate surface area is 249 Å². The lowest BCUT2D eigenvalue weighted by Gasteiger charge is -2.49. The Morgan fingerprint density at radius 2 is 1.50 bits per heavy atom. The van der Waals surface area contributed by atoms with E-state index >= 15 is 0 Å². The number of likely N-dealkylation sites (tertiary alicyclic amines) is 1. The Morgan fingerprint density at radius 3 is 2.21 bits per heavy atom. The number of carbonyl (C=O) groups excluding carboxylic acids is 1. The van der Waals surface area contributed by atoms with Gasteiger partial charge in [-0.3, -0.25) is 19.5 Å². The molecule has 2 unspecified atom stereocenters. The summed E-state index contributed by atoms with van der Waals surface area (Å²) in [4.78, 5) is 25.9. The predicted molar refractivity (Wildman–Crippen MR) is 161 cm³/mol. The molecule has 0 radical (unpaired) electrons. The van der Waals surface area contributed by atoms with Crippen LogP contribution in [0.4, 0.5) is 10.2 Å². The predicted octanol–water partition coefficient (Wildman–Crippen LogP) is 3.31. The third-order valence-electron chi connectivity index (χ3n) is 10.2. The molecule has 0 aromatic carbocycles. The van der Waals surface area contributed by atoms with Crippen LogP contribution in [0.5, 0.6) is 0 Å². The summed E-state index contributed by atoms with van der Waals surface area (Å²) in [6.45, 7) is 7.79. The summed E-state index contributed by atoms with van der Waals surface area (Å²) >= 11 is 0. The molecule has 3 aliphatic heterocycles. The van der Waals surface area contributed by atoms with Gasteiger partial charge in [-0.15, -0.1) is 5.10 Å². The molecule has 1 saturated carbocycles. The van der Waals surface area contributed by atoms with Crippen LogP contribution in [-0.2, 0) is 4.74 Å². The summed E-state index contributed by atoms with van der Waals surface area (Å²) in [6.07, 6.45) is 17.4. The van der Waals surface area contributed by atoms with E-state index in [9.17, 15) is 9.18 Å². The van der Waals surface area contributed by atoms with Gasteiger partial charge in [0.05, 0.1) is 18.4 Å². The lowest BCUT2D eigenvalue weighted by molar-refractivity contribution is -0.0112. The third-order valence-corrected chi connectivity index (χ3v) is 10.2. The third kappa shape index (κ3) is 6.90. The number of hydrogen-bond donors (Lipinski definition) is 2. The first-order valence-electron chi connectivity index (χ1n) is 16.5. The molecule has 3 N–H and O–H groups in total. The van der Waals surface area contributed by atoms with E-state index in [1.54, 1.807) is 0 Å². The quantitative estimate of drug-likeness (QED) is 0.552. The number of piperidine rings is 1. The van der Waals surface area contributed by atoms with Crippen LogP contribution in [0.25, 0.3) is 5.65 Å². The van der Waals surface area contributed by atoms with Crippen LogP contribution < -0.4 is 11.1 Å². The molecule has 42 heavy (non-hydrogen) atoms. The Morgan fingerprint density at radius 1 is 0.857 bits per heavy atom. The number of nitrogens with zero attached hydrogens (tertiary/aromatic N) is 6. The number of halogens is 1. The molecule has 2 aromatic rings. The van der Waals surface area contributed by atoms with Crippen molar-refractivity contribution in [3.63, 3.8) is 0 Å². The minimum atomic E-state index is -0.523. The number of fused-ring (bicyclic) bond motifs is 1. The average molecular weight is 585 g/mol. The lowest BCUT2D eigenvalue weighted by atomic mass is 9.91. The molecule has 2 atom stereocenters. The van der Waals surface area contributed by atoms with E-state index in [2.05, 4.69) is 30.1 Å². The number of ether oxygens (including phenoxy) is 1. The Hall–Kier alpha value is -2.34. The number of hydrogen-bond acceptors (Lipinski definition) is 8. The first-order valence-corrected chi connectivity index (χ1v) is 16.5. The second-order valence-electron chi connectivity index (χ2n) is 12.9. The minimum absolute atomic E-state index is 0.0360. The maximum absolute atomic E-state index is 13.8. The SMILES string of the molecule is Nc1nn2cc(F)cnc2c1C(=O)NC1CN(C2CCCCCCCCC2)CCC1N1CCN(C2CCOCC2)CC1. The zero-order valence-electron chi connectivity index (χ0n) is 25.1. The largest absolute Gasteiger partial charge is 0.381 e. The van der Waals surface area contributed by atoms with Crippen molar-refractivity contribution in [2.24, 2.45) is 0 Å². The summed E-state index contributed by atoms with van der Waals surface area (Å²) in [7, 11) is 0. The van der Waals surface area contributed by atoms with Gasteiger partial charge in [-0.1, -0.05) is 44.9 Å². The lowest BCUT2D eigenvalue weighted by Crippen LogP contribution is -2.64. The number of nitrogen functional groups attached to an aromatic ring is 1. The van der Waals surface area contributed by atoms with E-state index in [1.165, 1.54) is 68.5 Å². The van der Waals surface area contributed by atoms with Gasteiger partial charge < -0.3 is 15.8 Å². The number of carbonyl (C=O) groups is 1. The second kappa shape index (κ2) is 14.0. The van der Waals surface area contributed by atoms with Gasteiger partial charge in [0.1, 0.15) is 5.56 Å². The standard InChI is InChI=1S/C31H49FN8O2/c32-23-20-34-30-28(29(33)36-40(30)21-23)31(41)35-26-22-39(24-8-6-4-2-1-3-5-7-9-24)13-10-27(26)38-16-14-37(15-17-38)25-11-18-42-19-12-25/h20-21,24-27H,1-19,22H2,(H2,33,36)(H,35,41). The molecule has 4 aliphatic rings. The number of amides is 1. The van der Waals surface area contributed by atoms with Crippen molar-refractivity contribution >= 4 is 17.4 Å². The summed E-state index contributed by atoms with van der Waals surface area (Å²) < 4.78 is 20.7. The van der Waals surface area contributed by atoms with Crippen molar-refractivity contribution in [1.29, 1.82) is 0 Å². The van der Waals surface area contributed by atoms with Crippen LogP contribution in [0.1, 0.15) is 87.4 Å². The molecule has 11 heteroatoms. The van der Waals surface area contributed by atoms with E-state index in [-0.39, 0.29) is 35.0 Å². The van der Waals surface area contributed by atoms with Gasteiger partial charge in [0.2, 0.25) is 0 Å². The van der Waals surface area contributed by atoms with E-state index in [0.29, 0.717) is 12.1 Å². The van der Waals surface area contributed by atoms with E-state index in [4.69, 9.17) is 10.5 Å². The number of rotatable bonds is 5. The normalized spacial score (nSPS) is 27.3. The van der Waals surface area contributed by atoms with Gasteiger partial charge in [0, 0.05) is 70.6 Å². The molecule has 10 nitrogen and oxygen atoms in total. The Kier molecular flexibility index (Phi) is 9.88. The van der Waals surface area contributed by atoms with Crippen LogP contribution >= 0.6 is 0 Å². The molecule has 0 bridgehead atoms. The molecule has 2 aromatic heterocycles. The minimum Gasteiger partial charge on any atom is -0.381 e. The molecule has 0 spiro atoms. The summed E-state index contributed by atoms with van der Waals surface area (Å²) in [5, 5.41) is 7.56. The van der Waals surface area contributed by atoms with Crippen LogP contribution in [-0.4, -0.2) is 112 Å².